The maximum atomic E-state index is 11.7. The van der Waals surface area contributed by atoms with Crippen LogP contribution in [0, 0.1) is 11.3 Å². The third-order valence-corrected chi connectivity index (χ3v) is 2.76. The van der Waals surface area contributed by atoms with E-state index in [2.05, 4.69) is 6.92 Å². The van der Waals surface area contributed by atoms with Gasteiger partial charge in [0.1, 0.15) is 11.6 Å². The van der Waals surface area contributed by atoms with Crippen molar-refractivity contribution in [3.63, 3.8) is 0 Å². The third kappa shape index (κ3) is 3.63. The molecule has 0 saturated heterocycles. The van der Waals surface area contributed by atoms with Crippen molar-refractivity contribution in [2.24, 2.45) is 0 Å². The smallest absolute Gasteiger partial charge is 0.271 e. The zero-order valence-electron chi connectivity index (χ0n) is 10.1. The predicted octanol–water partition coefficient (Wildman–Crippen LogP) is 2.40. The molecule has 4 heteroatoms. The lowest BCUT2D eigenvalue weighted by Crippen LogP contribution is -2.22. The van der Waals surface area contributed by atoms with Crippen molar-refractivity contribution in [3.8, 4) is 11.9 Å². The standard InChI is InChI=1S/C13H18N2O2/c1-2-3-4-5-6-9-15-12(16)8-7-11(10-14)13(15)17/h7-8,16H,2-6,9H2,1H3. The van der Waals surface area contributed by atoms with Crippen LogP contribution in [-0.2, 0) is 6.54 Å². The summed E-state index contributed by atoms with van der Waals surface area (Å²) < 4.78 is 1.27. The molecule has 92 valence electrons. The Bertz CT molecular complexity index is 457. The van der Waals surface area contributed by atoms with Gasteiger partial charge in [-0.15, -0.1) is 0 Å². The highest BCUT2D eigenvalue weighted by Gasteiger charge is 2.06. The summed E-state index contributed by atoms with van der Waals surface area (Å²) in [6.07, 6.45) is 5.40. The van der Waals surface area contributed by atoms with Crippen LogP contribution in [0.2, 0.25) is 0 Å². The second-order valence-corrected chi connectivity index (χ2v) is 4.09. The highest BCUT2D eigenvalue weighted by atomic mass is 16.3. The Morgan fingerprint density at radius 2 is 2.00 bits per heavy atom. The highest BCUT2D eigenvalue weighted by molar-refractivity contribution is 5.29. The van der Waals surface area contributed by atoms with Crippen LogP contribution in [0.4, 0.5) is 0 Å². The molecule has 0 aliphatic carbocycles. The van der Waals surface area contributed by atoms with Gasteiger partial charge in [0.25, 0.3) is 5.56 Å². The number of unbranched alkanes of at least 4 members (excludes halogenated alkanes) is 4. The van der Waals surface area contributed by atoms with Gasteiger partial charge in [0.15, 0.2) is 5.88 Å². The van der Waals surface area contributed by atoms with Crippen LogP contribution in [0.25, 0.3) is 0 Å². The molecule has 0 aromatic carbocycles. The number of aromatic nitrogens is 1. The summed E-state index contributed by atoms with van der Waals surface area (Å²) in [7, 11) is 0. The Hall–Kier alpha value is -1.76. The summed E-state index contributed by atoms with van der Waals surface area (Å²) in [6, 6.07) is 4.58. The van der Waals surface area contributed by atoms with Crippen molar-refractivity contribution >= 4 is 0 Å². The van der Waals surface area contributed by atoms with Crippen LogP contribution in [0.1, 0.15) is 44.6 Å². The summed E-state index contributed by atoms with van der Waals surface area (Å²) in [5.74, 6) is -0.0653. The fraction of sp³-hybridized carbons (Fsp3) is 0.538. The lowest BCUT2D eigenvalue weighted by molar-refractivity contribution is 0.398. The van der Waals surface area contributed by atoms with Gasteiger partial charge in [-0.3, -0.25) is 9.36 Å². The number of rotatable bonds is 6. The van der Waals surface area contributed by atoms with Gasteiger partial charge < -0.3 is 5.11 Å². The molecule has 4 nitrogen and oxygen atoms in total. The molecule has 0 aliphatic heterocycles. The summed E-state index contributed by atoms with van der Waals surface area (Å²) >= 11 is 0. The second-order valence-electron chi connectivity index (χ2n) is 4.09. The van der Waals surface area contributed by atoms with E-state index < -0.39 is 5.56 Å². The fourth-order valence-corrected chi connectivity index (χ4v) is 1.74. The van der Waals surface area contributed by atoms with Gasteiger partial charge in [-0.05, 0) is 18.6 Å². The Morgan fingerprint density at radius 1 is 1.29 bits per heavy atom. The van der Waals surface area contributed by atoms with Gasteiger partial charge in [0.2, 0.25) is 0 Å². The summed E-state index contributed by atoms with van der Waals surface area (Å²) in [4.78, 5) is 11.7. The molecule has 17 heavy (non-hydrogen) atoms. The average Bonchev–Trinajstić information content (AvgIpc) is 2.33. The molecule has 0 amide bonds. The van der Waals surface area contributed by atoms with E-state index in [1.165, 1.54) is 29.5 Å². The Morgan fingerprint density at radius 3 is 2.65 bits per heavy atom. The zero-order chi connectivity index (χ0) is 12.7. The first kappa shape index (κ1) is 13.3. The molecule has 0 spiro atoms. The number of nitrogens with zero attached hydrogens (tertiary/aromatic N) is 2. The minimum atomic E-state index is -0.400. The second kappa shape index (κ2) is 6.74. The van der Waals surface area contributed by atoms with Gasteiger partial charge >= 0.3 is 0 Å². The number of aromatic hydroxyl groups is 1. The van der Waals surface area contributed by atoms with Crippen LogP contribution < -0.4 is 5.56 Å². The van der Waals surface area contributed by atoms with Gasteiger partial charge in [0, 0.05) is 6.54 Å². The van der Waals surface area contributed by atoms with E-state index in [9.17, 15) is 9.90 Å². The van der Waals surface area contributed by atoms with E-state index in [1.54, 1.807) is 0 Å². The van der Waals surface area contributed by atoms with Crippen molar-refractivity contribution in [1.29, 1.82) is 5.26 Å². The number of hydrogen-bond acceptors (Lipinski definition) is 3. The first-order valence-electron chi connectivity index (χ1n) is 6.03. The molecule has 0 radical (unpaired) electrons. The minimum Gasteiger partial charge on any atom is -0.494 e. The largest absolute Gasteiger partial charge is 0.494 e. The lowest BCUT2D eigenvalue weighted by atomic mass is 10.1. The van der Waals surface area contributed by atoms with E-state index in [-0.39, 0.29) is 11.4 Å². The van der Waals surface area contributed by atoms with Crippen molar-refractivity contribution in [2.75, 3.05) is 0 Å². The summed E-state index contributed by atoms with van der Waals surface area (Å²) in [5, 5.41) is 18.3. The van der Waals surface area contributed by atoms with E-state index in [1.807, 2.05) is 6.07 Å². The van der Waals surface area contributed by atoms with Gasteiger partial charge in [-0.2, -0.15) is 5.26 Å². The first-order valence-corrected chi connectivity index (χ1v) is 6.03. The molecule has 1 aromatic heterocycles. The van der Waals surface area contributed by atoms with Gasteiger partial charge in [-0.25, -0.2) is 0 Å². The van der Waals surface area contributed by atoms with E-state index in [4.69, 9.17) is 5.26 Å². The summed E-state index contributed by atoms with van der Waals surface area (Å²) in [5.41, 5.74) is -0.320. The van der Waals surface area contributed by atoms with Crippen molar-refractivity contribution < 1.29 is 5.11 Å². The Balaban J connectivity index is 2.65. The molecular weight excluding hydrogens is 216 g/mol. The molecule has 0 unspecified atom stereocenters. The lowest BCUT2D eigenvalue weighted by Gasteiger charge is -2.08. The van der Waals surface area contributed by atoms with Crippen LogP contribution in [-0.4, -0.2) is 9.67 Å². The fourth-order valence-electron chi connectivity index (χ4n) is 1.74. The molecule has 0 atom stereocenters. The molecule has 1 aromatic rings. The SMILES string of the molecule is CCCCCCCn1c(O)ccc(C#N)c1=O. The van der Waals surface area contributed by atoms with Crippen LogP contribution in [0.5, 0.6) is 5.88 Å². The van der Waals surface area contributed by atoms with Crippen LogP contribution in [0.15, 0.2) is 16.9 Å². The molecule has 0 saturated carbocycles. The zero-order valence-corrected chi connectivity index (χ0v) is 10.1. The quantitative estimate of drug-likeness (QED) is 0.768. The monoisotopic (exact) mass is 234 g/mol. The van der Waals surface area contributed by atoms with Crippen LogP contribution in [0.3, 0.4) is 0 Å². The van der Waals surface area contributed by atoms with Crippen molar-refractivity contribution in [3.05, 3.63) is 28.0 Å². The first-order chi connectivity index (χ1) is 8.20. The van der Waals surface area contributed by atoms with Crippen LogP contribution >= 0.6 is 0 Å². The molecule has 0 fully saturated rings. The van der Waals surface area contributed by atoms with E-state index in [0.29, 0.717) is 6.54 Å². The normalized spacial score (nSPS) is 10.1. The number of nitriles is 1. The Labute approximate surface area is 101 Å². The van der Waals surface area contributed by atoms with Crippen molar-refractivity contribution in [2.45, 2.75) is 45.6 Å². The molecule has 1 rings (SSSR count). The van der Waals surface area contributed by atoms with Crippen molar-refractivity contribution in [1.82, 2.24) is 4.57 Å². The summed E-state index contributed by atoms with van der Waals surface area (Å²) in [6.45, 7) is 2.62. The highest BCUT2D eigenvalue weighted by Crippen LogP contribution is 2.09. The van der Waals surface area contributed by atoms with E-state index >= 15 is 0 Å². The maximum absolute atomic E-state index is 11.7. The molecular formula is C13H18N2O2. The molecule has 0 bridgehead atoms. The maximum Gasteiger partial charge on any atom is 0.271 e. The third-order valence-electron chi connectivity index (χ3n) is 2.76. The molecule has 1 N–H and O–H groups in total. The van der Waals surface area contributed by atoms with Gasteiger partial charge in [-0.1, -0.05) is 32.6 Å². The van der Waals surface area contributed by atoms with E-state index in [0.717, 1.165) is 19.3 Å². The topological polar surface area (TPSA) is 66.0 Å². The predicted molar refractivity (Wildman–Crippen MR) is 65.8 cm³/mol. The molecule has 0 aliphatic rings. The minimum absolute atomic E-state index is 0.0653. The average molecular weight is 234 g/mol. The number of pyridine rings is 1. The number of hydrogen-bond donors (Lipinski definition) is 1. The van der Waals surface area contributed by atoms with Gasteiger partial charge in [0.05, 0.1) is 0 Å². The Kier molecular flexibility index (Phi) is 5.28. The molecule has 1 heterocycles.